The summed E-state index contributed by atoms with van der Waals surface area (Å²) in [6, 6.07) is 0.537. The number of nitrogens with zero attached hydrogens (tertiary/aromatic N) is 2. The van der Waals surface area contributed by atoms with Crippen LogP contribution in [0.5, 0.6) is 0 Å². The molecule has 0 saturated carbocycles. The van der Waals surface area contributed by atoms with E-state index >= 15 is 0 Å². The lowest BCUT2D eigenvalue weighted by Gasteiger charge is -2.14. The van der Waals surface area contributed by atoms with Crippen molar-refractivity contribution in [2.75, 3.05) is 0 Å². The molecule has 0 aliphatic heterocycles. The zero-order chi connectivity index (χ0) is 17.4. The summed E-state index contributed by atoms with van der Waals surface area (Å²) in [5, 5.41) is 3.93. The Hall–Kier alpha value is -1.87. The van der Waals surface area contributed by atoms with Gasteiger partial charge < -0.3 is 0 Å². The van der Waals surface area contributed by atoms with E-state index in [1.165, 1.54) is 24.0 Å². The first-order valence-electron chi connectivity index (χ1n) is 6.82. The van der Waals surface area contributed by atoms with Crippen LogP contribution in [0.15, 0.2) is 29.4 Å². The van der Waals surface area contributed by atoms with Crippen molar-refractivity contribution >= 4 is 10.0 Å². The Morgan fingerprint density at radius 3 is 2.17 bits per heavy atom. The van der Waals surface area contributed by atoms with Crippen molar-refractivity contribution in [3.8, 4) is 0 Å². The molecule has 1 N–H and O–H groups in total. The van der Waals surface area contributed by atoms with Crippen molar-refractivity contribution < 1.29 is 21.6 Å². The molecule has 0 aliphatic rings. The minimum absolute atomic E-state index is 0.0170. The minimum atomic E-state index is -3.93. The van der Waals surface area contributed by atoms with Crippen molar-refractivity contribution in [3.05, 3.63) is 47.5 Å². The zero-order valence-corrected chi connectivity index (χ0v) is 13.5. The number of hydrogen-bond acceptors (Lipinski definition) is 3. The molecule has 2 aromatic rings. The molecule has 0 amide bonds. The third-order valence-corrected chi connectivity index (χ3v) is 4.75. The van der Waals surface area contributed by atoms with E-state index < -0.39 is 33.5 Å². The first-order valence-corrected chi connectivity index (χ1v) is 8.31. The SMILES string of the molecule is CC(NS(=O)(=O)c1cnn(C(C)C)c1)c1cc(F)c(F)c(F)c1. The molecule has 126 valence electrons. The van der Waals surface area contributed by atoms with Gasteiger partial charge in [-0.3, -0.25) is 4.68 Å². The average molecular weight is 347 g/mol. The molecule has 2 rings (SSSR count). The number of benzene rings is 1. The molecule has 0 fully saturated rings. The monoisotopic (exact) mass is 347 g/mol. The quantitative estimate of drug-likeness (QED) is 0.846. The van der Waals surface area contributed by atoms with E-state index in [0.29, 0.717) is 0 Å². The maximum absolute atomic E-state index is 13.2. The van der Waals surface area contributed by atoms with Gasteiger partial charge in [0.25, 0.3) is 0 Å². The van der Waals surface area contributed by atoms with Gasteiger partial charge in [-0.05, 0) is 38.5 Å². The van der Waals surface area contributed by atoms with Gasteiger partial charge >= 0.3 is 0 Å². The fraction of sp³-hybridized carbons (Fsp3) is 0.357. The summed E-state index contributed by atoms with van der Waals surface area (Å²) >= 11 is 0. The molecule has 1 unspecified atom stereocenters. The fourth-order valence-electron chi connectivity index (χ4n) is 1.94. The molecule has 9 heteroatoms. The van der Waals surface area contributed by atoms with E-state index in [-0.39, 0.29) is 16.5 Å². The molecule has 23 heavy (non-hydrogen) atoms. The van der Waals surface area contributed by atoms with Crippen molar-refractivity contribution in [1.29, 1.82) is 0 Å². The second kappa shape index (κ2) is 6.32. The molecule has 0 radical (unpaired) electrons. The first-order chi connectivity index (χ1) is 10.6. The van der Waals surface area contributed by atoms with E-state index in [1.54, 1.807) is 0 Å². The van der Waals surface area contributed by atoms with Gasteiger partial charge in [0.2, 0.25) is 10.0 Å². The summed E-state index contributed by atoms with van der Waals surface area (Å²) in [5.74, 6) is -4.35. The molecule has 0 spiro atoms. The predicted octanol–water partition coefficient (Wildman–Crippen LogP) is 2.92. The van der Waals surface area contributed by atoms with Crippen molar-refractivity contribution in [3.63, 3.8) is 0 Å². The number of rotatable bonds is 5. The maximum atomic E-state index is 13.2. The van der Waals surface area contributed by atoms with Crippen molar-refractivity contribution in [2.24, 2.45) is 0 Å². The van der Waals surface area contributed by atoms with Crippen LogP contribution in [0, 0.1) is 17.5 Å². The molecule has 0 saturated heterocycles. The van der Waals surface area contributed by atoms with E-state index in [0.717, 1.165) is 12.1 Å². The highest BCUT2D eigenvalue weighted by Crippen LogP contribution is 2.21. The minimum Gasteiger partial charge on any atom is -0.269 e. The Balaban J connectivity index is 2.26. The Kier molecular flexibility index (Phi) is 4.81. The highest BCUT2D eigenvalue weighted by molar-refractivity contribution is 7.89. The largest absolute Gasteiger partial charge is 0.269 e. The number of sulfonamides is 1. The normalized spacial score (nSPS) is 13.5. The zero-order valence-electron chi connectivity index (χ0n) is 12.7. The van der Waals surface area contributed by atoms with E-state index in [1.807, 2.05) is 13.8 Å². The molecule has 1 aromatic heterocycles. The number of hydrogen-bond donors (Lipinski definition) is 1. The number of halogens is 3. The summed E-state index contributed by atoms with van der Waals surface area (Å²) < 4.78 is 67.7. The lowest BCUT2D eigenvalue weighted by molar-refractivity contribution is 0.443. The first kappa shape index (κ1) is 17.5. The van der Waals surface area contributed by atoms with Crippen LogP contribution in [-0.2, 0) is 10.0 Å². The summed E-state index contributed by atoms with van der Waals surface area (Å²) in [6.45, 7) is 5.07. The maximum Gasteiger partial charge on any atom is 0.244 e. The lowest BCUT2D eigenvalue weighted by atomic mass is 10.1. The van der Waals surface area contributed by atoms with Crippen molar-refractivity contribution in [1.82, 2.24) is 14.5 Å². The Morgan fingerprint density at radius 1 is 1.13 bits per heavy atom. The third kappa shape index (κ3) is 3.73. The van der Waals surface area contributed by atoms with Gasteiger partial charge in [-0.2, -0.15) is 5.10 Å². The van der Waals surface area contributed by atoms with Crippen LogP contribution in [0.3, 0.4) is 0 Å². The smallest absolute Gasteiger partial charge is 0.244 e. The molecule has 1 atom stereocenters. The lowest BCUT2D eigenvalue weighted by Crippen LogP contribution is -2.27. The second-order valence-electron chi connectivity index (χ2n) is 5.39. The standard InChI is InChI=1S/C14H16F3N3O2S/c1-8(2)20-7-11(6-18-20)23(21,22)19-9(3)10-4-12(15)14(17)13(16)5-10/h4-9,19H,1-3H3. The van der Waals surface area contributed by atoms with Crippen LogP contribution in [0.2, 0.25) is 0 Å². The van der Waals surface area contributed by atoms with E-state index in [2.05, 4.69) is 9.82 Å². The van der Waals surface area contributed by atoms with Gasteiger partial charge in [-0.15, -0.1) is 0 Å². The molecule has 0 aliphatic carbocycles. The topological polar surface area (TPSA) is 64.0 Å². The third-order valence-electron chi connectivity index (χ3n) is 3.26. The molecule has 1 aromatic carbocycles. The van der Waals surface area contributed by atoms with Crippen LogP contribution in [0.1, 0.15) is 38.4 Å². The van der Waals surface area contributed by atoms with Crippen LogP contribution < -0.4 is 4.72 Å². The highest BCUT2D eigenvalue weighted by atomic mass is 32.2. The van der Waals surface area contributed by atoms with Gasteiger partial charge in [0.05, 0.1) is 6.20 Å². The molecule has 1 heterocycles. The van der Waals surface area contributed by atoms with Gasteiger partial charge in [-0.25, -0.2) is 26.3 Å². The summed E-state index contributed by atoms with van der Waals surface area (Å²) in [4.78, 5) is -0.0684. The summed E-state index contributed by atoms with van der Waals surface area (Å²) in [7, 11) is -3.93. The second-order valence-corrected chi connectivity index (χ2v) is 7.11. The number of aromatic nitrogens is 2. The predicted molar refractivity (Wildman–Crippen MR) is 77.7 cm³/mol. The molecular weight excluding hydrogens is 331 g/mol. The Morgan fingerprint density at radius 2 is 1.70 bits per heavy atom. The molecule has 5 nitrogen and oxygen atoms in total. The van der Waals surface area contributed by atoms with Crippen LogP contribution in [0.4, 0.5) is 13.2 Å². The van der Waals surface area contributed by atoms with Crippen molar-refractivity contribution in [2.45, 2.75) is 37.8 Å². The van der Waals surface area contributed by atoms with E-state index in [9.17, 15) is 21.6 Å². The molecular formula is C14H16F3N3O2S. The molecule has 0 bridgehead atoms. The van der Waals surface area contributed by atoms with Gasteiger partial charge in [-0.1, -0.05) is 0 Å². The van der Waals surface area contributed by atoms with Gasteiger partial charge in [0.15, 0.2) is 17.5 Å². The summed E-state index contributed by atoms with van der Waals surface area (Å²) in [5.41, 5.74) is -0.0266. The highest BCUT2D eigenvalue weighted by Gasteiger charge is 2.22. The van der Waals surface area contributed by atoms with Crippen LogP contribution in [0.25, 0.3) is 0 Å². The Bertz CT molecular complexity index is 795. The fourth-order valence-corrected chi connectivity index (χ4v) is 3.11. The summed E-state index contributed by atoms with van der Waals surface area (Å²) in [6.07, 6.45) is 2.53. The van der Waals surface area contributed by atoms with Crippen LogP contribution in [-0.4, -0.2) is 18.2 Å². The number of nitrogens with one attached hydrogen (secondary N) is 1. The van der Waals surface area contributed by atoms with E-state index in [4.69, 9.17) is 0 Å². The van der Waals surface area contributed by atoms with Gasteiger partial charge in [0, 0.05) is 18.3 Å². The Labute approximate surface area is 132 Å². The average Bonchev–Trinajstić information content (AvgIpc) is 2.94. The van der Waals surface area contributed by atoms with Crippen LogP contribution >= 0.6 is 0 Å². The van der Waals surface area contributed by atoms with Gasteiger partial charge in [0.1, 0.15) is 4.90 Å².